The van der Waals surface area contributed by atoms with Crippen LogP contribution in [0.2, 0.25) is 0 Å². The molecule has 0 spiro atoms. The molecule has 0 radical (unpaired) electrons. The van der Waals surface area contributed by atoms with E-state index in [0.717, 1.165) is 6.42 Å². The van der Waals surface area contributed by atoms with Crippen LogP contribution in [0.3, 0.4) is 0 Å². The number of ether oxygens (including phenoxy) is 1. The van der Waals surface area contributed by atoms with Gasteiger partial charge in [0.2, 0.25) is 0 Å². The molecule has 2 heteroatoms. The third-order valence-corrected chi connectivity index (χ3v) is 1.94. The van der Waals surface area contributed by atoms with Crippen molar-refractivity contribution < 1.29 is 9.53 Å². The van der Waals surface area contributed by atoms with Crippen LogP contribution in [-0.4, -0.2) is 13.1 Å². The van der Waals surface area contributed by atoms with Gasteiger partial charge in [0.15, 0.2) is 0 Å². The Bertz CT molecular complexity index is 204. The summed E-state index contributed by atoms with van der Waals surface area (Å²) in [6.07, 6.45) is 5.27. The van der Waals surface area contributed by atoms with Crippen LogP contribution in [0.5, 0.6) is 0 Å². The zero-order valence-electron chi connectivity index (χ0n) is 8.67. The van der Waals surface area contributed by atoms with Crippen LogP contribution in [0.1, 0.15) is 26.7 Å². The number of methoxy groups -OCH3 is 1. The van der Waals surface area contributed by atoms with Gasteiger partial charge < -0.3 is 4.74 Å². The Kier molecular flexibility index (Phi) is 5.94. The van der Waals surface area contributed by atoms with Crippen molar-refractivity contribution in [3.05, 3.63) is 24.3 Å². The molecule has 13 heavy (non-hydrogen) atoms. The molecule has 0 amide bonds. The van der Waals surface area contributed by atoms with Crippen molar-refractivity contribution in [1.82, 2.24) is 0 Å². The molecule has 1 atom stereocenters. The first-order valence-corrected chi connectivity index (χ1v) is 4.55. The summed E-state index contributed by atoms with van der Waals surface area (Å²) in [7, 11) is 1.40. The van der Waals surface area contributed by atoms with E-state index in [0.29, 0.717) is 17.9 Å². The fourth-order valence-corrected chi connectivity index (χ4v) is 0.967. The lowest BCUT2D eigenvalue weighted by Gasteiger charge is -2.06. The quantitative estimate of drug-likeness (QED) is 0.371. The topological polar surface area (TPSA) is 26.3 Å². The molecule has 0 aromatic heterocycles. The molecule has 0 saturated heterocycles. The van der Waals surface area contributed by atoms with Gasteiger partial charge in [-0.05, 0) is 12.3 Å². The maximum atomic E-state index is 11.2. The Hall–Kier alpha value is -1.05. The standard InChI is InChI=1S/C11H18O2/c1-5-7-10(11(12)13-4)8-9(3)6-2/h5,8-9H,1,6-7H2,2-4H3/b10-8+/t9-/m0/s1. The zero-order valence-corrected chi connectivity index (χ0v) is 8.67. The first-order chi connectivity index (χ1) is 6.15. The van der Waals surface area contributed by atoms with Gasteiger partial charge in [-0.3, -0.25) is 0 Å². The SMILES string of the molecule is C=CC/C(=C\[C@@H](C)CC)C(=O)OC. The summed E-state index contributed by atoms with van der Waals surface area (Å²) < 4.78 is 4.66. The summed E-state index contributed by atoms with van der Waals surface area (Å²) in [5.41, 5.74) is 0.701. The average molecular weight is 182 g/mol. The Morgan fingerprint density at radius 3 is 2.62 bits per heavy atom. The number of hydrogen-bond acceptors (Lipinski definition) is 2. The van der Waals surface area contributed by atoms with Crippen LogP contribution >= 0.6 is 0 Å². The van der Waals surface area contributed by atoms with Crippen molar-refractivity contribution in [2.24, 2.45) is 5.92 Å². The summed E-state index contributed by atoms with van der Waals surface area (Å²) in [5.74, 6) is 0.161. The molecule has 0 bridgehead atoms. The lowest BCUT2D eigenvalue weighted by molar-refractivity contribution is -0.136. The normalized spacial score (nSPS) is 13.6. The summed E-state index contributed by atoms with van der Waals surface area (Å²) in [4.78, 5) is 11.2. The van der Waals surface area contributed by atoms with Crippen LogP contribution in [0.4, 0.5) is 0 Å². The molecule has 0 aliphatic rings. The molecule has 0 aromatic carbocycles. The van der Waals surface area contributed by atoms with Gasteiger partial charge in [-0.15, -0.1) is 6.58 Å². The van der Waals surface area contributed by atoms with Gasteiger partial charge >= 0.3 is 5.97 Å². The molecule has 2 nitrogen and oxygen atoms in total. The zero-order chi connectivity index (χ0) is 10.3. The number of esters is 1. The van der Waals surface area contributed by atoms with Crippen molar-refractivity contribution in [1.29, 1.82) is 0 Å². The molecule has 0 unspecified atom stereocenters. The summed E-state index contributed by atoms with van der Waals surface area (Å²) in [5, 5.41) is 0. The average Bonchev–Trinajstić information content (AvgIpc) is 2.15. The minimum absolute atomic E-state index is 0.250. The Morgan fingerprint density at radius 1 is 1.62 bits per heavy atom. The van der Waals surface area contributed by atoms with E-state index in [9.17, 15) is 4.79 Å². The predicted molar refractivity (Wildman–Crippen MR) is 54.4 cm³/mol. The van der Waals surface area contributed by atoms with E-state index in [-0.39, 0.29) is 5.97 Å². The van der Waals surface area contributed by atoms with E-state index >= 15 is 0 Å². The van der Waals surface area contributed by atoms with Crippen LogP contribution in [0, 0.1) is 5.92 Å². The van der Waals surface area contributed by atoms with Gasteiger partial charge in [-0.1, -0.05) is 32.4 Å². The molecule has 0 saturated carbocycles. The molecule has 74 valence electrons. The molecule has 0 aliphatic carbocycles. The van der Waals surface area contributed by atoms with Gasteiger partial charge in [-0.25, -0.2) is 4.79 Å². The third kappa shape index (κ3) is 4.51. The van der Waals surface area contributed by atoms with E-state index in [2.05, 4.69) is 25.2 Å². The van der Waals surface area contributed by atoms with Crippen molar-refractivity contribution in [2.75, 3.05) is 7.11 Å². The van der Waals surface area contributed by atoms with Gasteiger partial charge in [0.1, 0.15) is 0 Å². The minimum Gasteiger partial charge on any atom is -0.466 e. The number of allylic oxidation sites excluding steroid dienone is 2. The van der Waals surface area contributed by atoms with E-state index in [1.54, 1.807) is 6.08 Å². The molecule has 0 aromatic rings. The fourth-order valence-electron chi connectivity index (χ4n) is 0.967. The number of carbonyl (C=O) groups is 1. The summed E-state index contributed by atoms with van der Waals surface area (Å²) >= 11 is 0. The van der Waals surface area contributed by atoms with E-state index in [1.807, 2.05) is 6.08 Å². The van der Waals surface area contributed by atoms with Gasteiger partial charge in [-0.2, -0.15) is 0 Å². The summed E-state index contributed by atoms with van der Waals surface area (Å²) in [6.45, 7) is 7.76. The van der Waals surface area contributed by atoms with Gasteiger partial charge in [0, 0.05) is 5.57 Å². The van der Waals surface area contributed by atoms with Crippen molar-refractivity contribution >= 4 is 5.97 Å². The van der Waals surface area contributed by atoms with Crippen LogP contribution in [0.25, 0.3) is 0 Å². The second-order valence-corrected chi connectivity index (χ2v) is 3.06. The Balaban J connectivity index is 4.47. The Labute approximate surface area is 80.3 Å². The third-order valence-electron chi connectivity index (χ3n) is 1.94. The maximum absolute atomic E-state index is 11.2. The largest absolute Gasteiger partial charge is 0.466 e. The van der Waals surface area contributed by atoms with Gasteiger partial charge in [0.05, 0.1) is 7.11 Å². The molecular weight excluding hydrogens is 164 g/mol. The lowest BCUT2D eigenvalue weighted by Crippen LogP contribution is -2.05. The smallest absolute Gasteiger partial charge is 0.333 e. The highest BCUT2D eigenvalue weighted by Crippen LogP contribution is 2.11. The highest BCUT2D eigenvalue weighted by Gasteiger charge is 2.08. The lowest BCUT2D eigenvalue weighted by atomic mass is 10.0. The first kappa shape index (κ1) is 11.9. The van der Waals surface area contributed by atoms with E-state index in [1.165, 1.54) is 7.11 Å². The molecule has 0 rings (SSSR count). The minimum atomic E-state index is -0.250. The van der Waals surface area contributed by atoms with Gasteiger partial charge in [0.25, 0.3) is 0 Å². The first-order valence-electron chi connectivity index (χ1n) is 4.55. The number of hydrogen-bond donors (Lipinski definition) is 0. The van der Waals surface area contributed by atoms with Crippen LogP contribution in [0.15, 0.2) is 24.3 Å². The predicted octanol–water partition coefficient (Wildman–Crippen LogP) is 2.71. The van der Waals surface area contributed by atoms with Crippen molar-refractivity contribution in [3.63, 3.8) is 0 Å². The Morgan fingerprint density at radius 2 is 2.23 bits per heavy atom. The molecule has 0 aliphatic heterocycles. The van der Waals surface area contributed by atoms with Crippen molar-refractivity contribution in [3.8, 4) is 0 Å². The molecule has 0 fully saturated rings. The highest BCUT2D eigenvalue weighted by atomic mass is 16.5. The fraction of sp³-hybridized carbons (Fsp3) is 0.545. The number of rotatable bonds is 5. The molecular formula is C11H18O2. The van der Waals surface area contributed by atoms with E-state index < -0.39 is 0 Å². The second-order valence-electron chi connectivity index (χ2n) is 3.06. The molecule has 0 N–H and O–H groups in total. The second kappa shape index (κ2) is 6.46. The highest BCUT2D eigenvalue weighted by molar-refractivity contribution is 5.88. The van der Waals surface area contributed by atoms with Crippen LogP contribution < -0.4 is 0 Å². The molecule has 0 heterocycles. The number of carbonyl (C=O) groups excluding carboxylic acids is 1. The maximum Gasteiger partial charge on any atom is 0.333 e. The van der Waals surface area contributed by atoms with E-state index in [4.69, 9.17) is 0 Å². The van der Waals surface area contributed by atoms with Crippen molar-refractivity contribution in [2.45, 2.75) is 26.7 Å². The summed E-state index contributed by atoms with van der Waals surface area (Å²) in [6, 6.07) is 0. The monoisotopic (exact) mass is 182 g/mol. The van der Waals surface area contributed by atoms with Crippen LogP contribution in [-0.2, 0) is 9.53 Å².